The average Bonchev–Trinajstić information content (AvgIpc) is 2.34. The molecule has 18 heavy (non-hydrogen) atoms. The molecule has 0 heterocycles. The van der Waals surface area contributed by atoms with Gasteiger partial charge in [0.1, 0.15) is 0 Å². The van der Waals surface area contributed by atoms with Crippen molar-refractivity contribution < 1.29 is 4.74 Å². The lowest BCUT2D eigenvalue weighted by Crippen LogP contribution is -2.45. The van der Waals surface area contributed by atoms with Crippen molar-refractivity contribution in [2.45, 2.75) is 58.0 Å². The van der Waals surface area contributed by atoms with E-state index in [0.717, 1.165) is 19.1 Å². The maximum Gasteiger partial charge on any atom is 0.0615 e. The van der Waals surface area contributed by atoms with Gasteiger partial charge in [0.25, 0.3) is 0 Å². The van der Waals surface area contributed by atoms with Gasteiger partial charge in [0.15, 0.2) is 0 Å². The number of ether oxygens (including phenoxy) is 1. The van der Waals surface area contributed by atoms with Crippen molar-refractivity contribution in [3.8, 4) is 0 Å². The van der Waals surface area contributed by atoms with Crippen LogP contribution < -0.4 is 5.73 Å². The molecule has 1 saturated carbocycles. The van der Waals surface area contributed by atoms with Crippen molar-refractivity contribution >= 4 is 0 Å². The average molecular weight is 256 g/mol. The van der Waals surface area contributed by atoms with Gasteiger partial charge in [0.2, 0.25) is 0 Å². The number of methoxy groups -OCH3 is 1. The largest absolute Gasteiger partial charge is 0.383 e. The van der Waals surface area contributed by atoms with E-state index in [0.29, 0.717) is 18.0 Å². The topological polar surface area (TPSA) is 38.5 Å². The van der Waals surface area contributed by atoms with E-state index < -0.39 is 0 Å². The van der Waals surface area contributed by atoms with Crippen LogP contribution in [0.1, 0.15) is 46.0 Å². The molecule has 1 fully saturated rings. The molecule has 0 amide bonds. The number of nitrogens with zero attached hydrogens (tertiary/aromatic N) is 1. The molecule has 3 heteroatoms. The summed E-state index contributed by atoms with van der Waals surface area (Å²) in [5.41, 5.74) is 6.30. The van der Waals surface area contributed by atoms with Crippen molar-refractivity contribution in [3.05, 3.63) is 0 Å². The number of nitrogens with two attached hydrogens (primary N) is 1. The Hall–Kier alpha value is -0.120. The van der Waals surface area contributed by atoms with Gasteiger partial charge < -0.3 is 15.4 Å². The van der Waals surface area contributed by atoms with Gasteiger partial charge in [-0.25, -0.2) is 0 Å². The van der Waals surface area contributed by atoms with Crippen LogP contribution in [0.4, 0.5) is 0 Å². The summed E-state index contributed by atoms with van der Waals surface area (Å²) in [4.78, 5) is 2.41. The quantitative estimate of drug-likeness (QED) is 0.760. The van der Waals surface area contributed by atoms with Crippen LogP contribution >= 0.6 is 0 Å². The predicted octanol–water partition coefficient (Wildman–Crippen LogP) is 2.50. The molecule has 0 aromatic heterocycles. The fourth-order valence-electron chi connectivity index (χ4n) is 3.18. The first-order chi connectivity index (χ1) is 8.58. The smallest absolute Gasteiger partial charge is 0.0615 e. The zero-order chi connectivity index (χ0) is 13.5. The van der Waals surface area contributed by atoms with E-state index in [4.69, 9.17) is 10.5 Å². The number of hydrogen-bond acceptors (Lipinski definition) is 3. The van der Waals surface area contributed by atoms with Crippen molar-refractivity contribution in [1.82, 2.24) is 4.90 Å². The minimum Gasteiger partial charge on any atom is -0.383 e. The molecule has 1 rings (SSSR count). The Labute approximate surface area is 113 Å². The molecular weight excluding hydrogens is 224 g/mol. The second-order valence-corrected chi connectivity index (χ2v) is 6.14. The van der Waals surface area contributed by atoms with E-state index in [1.807, 2.05) is 0 Å². The lowest BCUT2D eigenvalue weighted by Gasteiger charge is -2.37. The summed E-state index contributed by atoms with van der Waals surface area (Å²) in [6.45, 7) is 6.43. The van der Waals surface area contributed by atoms with E-state index in [2.05, 4.69) is 25.8 Å². The van der Waals surface area contributed by atoms with Crippen LogP contribution in [0.5, 0.6) is 0 Å². The molecule has 108 valence electrons. The van der Waals surface area contributed by atoms with E-state index in [1.165, 1.54) is 32.1 Å². The second-order valence-electron chi connectivity index (χ2n) is 6.14. The highest BCUT2D eigenvalue weighted by Gasteiger charge is 2.29. The molecule has 1 aliphatic rings. The van der Waals surface area contributed by atoms with Crippen LogP contribution in [-0.2, 0) is 4.74 Å². The second kappa shape index (κ2) is 8.13. The minimum atomic E-state index is 0.398. The third-order valence-electron chi connectivity index (χ3n) is 4.53. The molecule has 0 aliphatic heterocycles. The molecule has 0 aromatic rings. The van der Waals surface area contributed by atoms with Gasteiger partial charge in [-0.2, -0.15) is 0 Å². The summed E-state index contributed by atoms with van der Waals surface area (Å²) < 4.78 is 5.23. The van der Waals surface area contributed by atoms with E-state index in [9.17, 15) is 0 Å². The summed E-state index contributed by atoms with van der Waals surface area (Å²) >= 11 is 0. The maximum absolute atomic E-state index is 6.30. The Morgan fingerprint density at radius 1 is 1.39 bits per heavy atom. The highest BCUT2D eigenvalue weighted by Crippen LogP contribution is 2.31. The van der Waals surface area contributed by atoms with Crippen molar-refractivity contribution in [1.29, 1.82) is 0 Å². The fraction of sp³-hybridized carbons (Fsp3) is 1.00. The van der Waals surface area contributed by atoms with Gasteiger partial charge in [-0.15, -0.1) is 0 Å². The number of rotatable bonds is 7. The van der Waals surface area contributed by atoms with Crippen molar-refractivity contribution in [2.75, 3.05) is 27.3 Å². The fourth-order valence-corrected chi connectivity index (χ4v) is 3.18. The molecule has 3 nitrogen and oxygen atoms in total. The molecule has 0 bridgehead atoms. The van der Waals surface area contributed by atoms with Crippen LogP contribution in [0.3, 0.4) is 0 Å². The Balaban J connectivity index is 2.42. The Kier molecular flexibility index (Phi) is 7.20. The standard InChI is InChI=1S/C15H32N2O/c1-5-6-13-7-8-15(16)14(9-13)10-17(3)12(2)11-18-4/h12-15H,5-11,16H2,1-4H3. The monoisotopic (exact) mass is 256 g/mol. The van der Waals surface area contributed by atoms with Gasteiger partial charge in [-0.05, 0) is 45.1 Å². The molecule has 2 N–H and O–H groups in total. The van der Waals surface area contributed by atoms with Gasteiger partial charge in [0, 0.05) is 25.7 Å². The van der Waals surface area contributed by atoms with Crippen LogP contribution in [0.25, 0.3) is 0 Å². The summed E-state index contributed by atoms with van der Waals surface area (Å²) in [5, 5.41) is 0. The first kappa shape index (κ1) is 15.9. The third kappa shape index (κ3) is 4.87. The molecule has 0 saturated heterocycles. The van der Waals surface area contributed by atoms with E-state index >= 15 is 0 Å². The van der Waals surface area contributed by atoms with Crippen LogP contribution in [0.2, 0.25) is 0 Å². The minimum absolute atomic E-state index is 0.398. The first-order valence-electron chi connectivity index (χ1n) is 7.53. The summed E-state index contributed by atoms with van der Waals surface area (Å²) in [6.07, 6.45) is 6.55. The summed E-state index contributed by atoms with van der Waals surface area (Å²) in [5.74, 6) is 1.57. The van der Waals surface area contributed by atoms with Crippen molar-refractivity contribution in [2.24, 2.45) is 17.6 Å². The Bertz CT molecular complexity index is 223. The molecule has 4 atom stereocenters. The van der Waals surface area contributed by atoms with E-state index in [-0.39, 0.29) is 0 Å². The highest BCUT2D eigenvalue weighted by atomic mass is 16.5. The van der Waals surface area contributed by atoms with Gasteiger partial charge in [-0.3, -0.25) is 0 Å². The molecule has 0 spiro atoms. The Morgan fingerprint density at radius 2 is 2.11 bits per heavy atom. The lowest BCUT2D eigenvalue weighted by molar-refractivity contribution is 0.0889. The number of hydrogen-bond donors (Lipinski definition) is 1. The zero-order valence-corrected chi connectivity index (χ0v) is 12.7. The molecule has 1 aliphatic carbocycles. The molecular formula is C15H32N2O. The van der Waals surface area contributed by atoms with Gasteiger partial charge >= 0.3 is 0 Å². The predicted molar refractivity (Wildman–Crippen MR) is 77.7 cm³/mol. The van der Waals surface area contributed by atoms with Crippen molar-refractivity contribution in [3.63, 3.8) is 0 Å². The molecule has 4 unspecified atom stereocenters. The van der Waals surface area contributed by atoms with Gasteiger partial charge in [-0.1, -0.05) is 19.8 Å². The van der Waals surface area contributed by atoms with Gasteiger partial charge in [0.05, 0.1) is 6.61 Å². The summed E-state index contributed by atoms with van der Waals surface area (Å²) in [7, 11) is 3.97. The lowest BCUT2D eigenvalue weighted by atomic mass is 9.76. The first-order valence-corrected chi connectivity index (χ1v) is 7.53. The van der Waals surface area contributed by atoms with E-state index in [1.54, 1.807) is 7.11 Å². The normalized spacial score (nSPS) is 30.7. The van der Waals surface area contributed by atoms with Crippen LogP contribution in [0.15, 0.2) is 0 Å². The SMILES string of the molecule is CCCC1CCC(N)C(CN(C)C(C)COC)C1. The molecule has 0 aromatic carbocycles. The number of likely N-dealkylation sites (N-methyl/N-ethyl adjacent to an activating group) is 1. The Morgan fingerprint density at radius 3 is 2.72 bits per heavy atom. The zero-order valence-electron chi connectivity index (χ0n) is 12.7. The van der Waals surface area contributed by atoms with Crippen LogP contribution in [0, 0.1) is 11.8 Å². The molecule has 0 radical (unpaired) electrons. The maximum atomic E-state index is 6.30. The summed E-state index contributed by atoms with van der Waals surface area (Å²) in [6, 6.07) is 0.879. The third-order valence-corrected chi connectivity index (χ3v) is 4.53. The highest BCUT2D eigenvalue weighted by molar-refractivity contribution is 4.84. The van der Waals surface area contributed by atoms with Crippen LogP contribution in [-0.4, -0.2) is 44.3 Å².